The molecule has 1 saturated heterocycles. The smallest absolute Gasteiger partial charge is 0.331 e. The third-order valence-corrected chi connectivity index (χ3v) is 7.48. The number of benzene rings is 2. The summed E-state index contributed by atoms with van der Waals surface area (Å²) in [6, 6.07) is 13.8. The van der Waals surface area contributed by atoms with E-state index in [1.165, 1.54) is 5.56 Å². The second-order valence-corrected chi connectivity index (χ2v) is 11.9. The monoisotopic (exact) mass is 580 g/mol. The zero-order valence-electron chi connectivity index (χ0n) is 26.6. The summed E-state index contributed by atoms with van der Waals surface area (Å²) in [4.78, 5) is 33.9. The van der Waals surface area contributed by atoms with Crippen molar-refractivity contribution in [1.29, 1.82) is 0 Å². The van der Waals surface area contributed by atoms with Crippen LogP contribution in [0.3, 0.4) is 0 Å². The van der Waals surface area contributed by atoms with E-state index in [4.69, 9.17) is 23.9 Å². The van der Waals surface area contributed by atoms with Crippen LogP contribution in [-0.4, -0.2) is 48.7 Å². The van der Waals surface area contributed by atoms with Crippen LogP contribution in [0.5, 0.6) is 11.5 Å². The van der Waals surface area contributed by atoms with Gasteiger partial charge in [0.05, 0.1) is 14.2 Å². The summed E-state index contributed by atoms with van der Waals surface area (Å²) in [5.74, 6) is -2.09. The summed E-state index contributed by atoms with van der Waals surface area (Å²) in [5, 5.41) is 0. The highest BCUT2D eigenvalue weighted by Gasteiger charge is 2.48. The molecule has 0 spiro atoms. The van der Waals surface area contributed by atoms with Gasteiger partial charge in [-0.15, -0.1) is 0 Å². The predicted molar refractivity (Wildman–Crippen MR) is 165 cm³/mol. The second kappa shape index (κ2) is 15.1. The average molecular weight is 581 g/mol. The molecule has 1 fully saturated rings. The SMILES string of the molecule is CCCCCC(C)N(Cc1ccc(CCC(C)C)cc1)C(=Nc1ccc(OC)cc1OC)C1C(=O)OC(C)(C)OC1=O. The number of rotatable bonds is 14. The fourth-order valence-corrected chi connectivity index (χ4v) is 5.00. The lowest BCUT2D eigenvalue weighted by Gasteiger charge is -2.38. The van der Waals surface area contributed by atoms with Crippen molar-refractivity contribution in [2.45, 2.75) is 98.4 Å². The van der Waals surface area contributed by atoms with Crippen LogP contribution in [0.15, 0.2) is 47.5 Å². The Kier molecular flexibility index (Phi) is 11.8. The van der Waals surface area contributed by atoms with E-state index in [1.54, 1.807) is 46.3 Å². The summed E-state index contributed by atoms with van der Waals surface area (Å²) in [6.07, 6.45) is 6.20. The van der Waals surface area contributed by atoms with Crippen LogP contribution in [-0.2, 0) is 32.0 Å². The highest BCUT2D eigenvalue weighted by atomic mass is 16.7. The molecule has 1 atom stereocenters. The van der Waals surface area contributed by atoms with E-state index < -0.39 is 23.6 Å². The van der Waals surface area contributed by atoms with Crippen molar-refractivity contribution in [3.05, 3.63) is 53.6 Å². The van der Waals surface area contributed by atoms with Crippen molar-refractivity contribution in [2.75, 3.05) is 14.2 Å². The minimum absolute atomic E-state index is 0.0318. The number of aliphatic imine (C=N–C) groups is 1. The molecule has 0 amide bonds. The Hall–Kier alpha value is -3.55. The fourth-order valence-electron chi connectivity index (χ4n) is 5.00. The summed E-state index contributed by atoms with van der Waals surface area (Å²) < 4.78 is 22.1. The maximum Gasteiger partial charge on any atom is 0.331 e. The van der Waals surface area contributed by atoms with E-state index in [2.05, 4.69) is 52.0 Å². The number of carbonyl (C=O) groups is 2. The number of esters is 2. The molecule has 3 rings (SSSR count). The second-order valence-electron chi connectivity index (χ2n) is 11.9. The number of carbonyl (C=O) groups excluding carboxylic acids is 2. The first-order valence-electron chi connectivity index (χ1n) is 15.1. The van der Waals surface area contributed by atoms with E-state index in [1.807, 2.05) is 4.90 Å². The normalized spacial score (nSPS) is 16.2. The van der Waals surface area contributed by atoms with Crippen LogP contribution in [0.1, 0.15) is 84.8 Å². The van der Waals surface area contributed by atoms with Crippen molar-refractivity contribution in [2.24, 2.45) is 16.8 Å². The standard InChI is InChI=1S/C34H48N2O6/c1-9-10-11-12-24(4)36(22-26-17-15-25(16-18-26)14-13-23(2)3)31(30-32(37)41-34(5,6)42-33(30)38)35-28-20-19-27(39-7)21-29(28)40-8/h15-21,23-24,30H,9-14,22H2,1-8H3. The predicted octanol–water partition coefficient (Wildman–Crippen LogP) is 7.25. The van der Waals surface area contributed by atoms with Gasteiger partial charge in [-0.05, 0) is 55.4 Å². The van der Waals surface area contributed by atoms with Gasteiger partial charge in [-0.2, -0.15) is 0 Å². The van der Waals surface area contributed by atoms with Gasteiger partial charge in [-0.1, -0.05) is 64.3 Å². The van der Waals surface area contributed by atoms with Gasteiger partial charge in [-0.25, -0.2) is 4.99 Å². The van der Waals surface area contributed by atoms with Crippen LogP contribution >= 0.6 is 0 Å². The fraction of sp³-hybridized carbons (Fsp3) is 0.559. The van der Waals surface area contributed by atoms with Crippen molar-refractivity contribution in [1.82, 2.24) is 4.90 Å². The molecule has 1 aliphatic heterocycles. The maximum absolute atomic E-state index is 13.4. The lowest BCUT2D eigenvalue weighted by Crippen LogP contribution is -2.54. The Bertz CT molecular complexity index is 1200. The van der Waals surface area contributed by atoms with Gasteiger partial charge in [0.25, 0.3) is 5.79 Å². The molecule has 42 heavy (non-hydrogen) atoms. The van der Waals surface area contributed by atoms with Crippen molar-refractivity contribution in [3.8, 4) is 11.5 Å². The Labute approximate surface area is 251 Å². The van der Waals surface area contributed by atoms with Gasteiger partial charge in [0.1, 0.15) is 23.0 Å². The van der Waals surface area contributed by atoms with Crippen LogP contribution < -0.4 is 9.47 Å². The van der Waals surface area contributed by atoms with Crippen molar-refractivity contribution >= 4 is 23.5 Å². The first kappa shape index (κ1) is 33.0. The van der Waals surface area contributed by atoms with E-state index >= 15 is 0 Å². The highest BCUT2D eigenvalue weighted by molar-refractivity contribution is 6.17. The molecule has 0 bridgehead atoms. The van der Waals surface area contributed by atoms with Crippen LogP contribution in [0, 0.1) is 11.8 Å². The molecule has 0 aromatic heterocycles. The van der Waals surface area contributed by atoms with E-state index in [-0.39, 0.29) is 11.9 Å². The Morgan fingerprint density at radius 2 is 1.57 bits per heavy atom. The summed E-state index contributed by atoms with van der Waals surface area (Å²) in [7, 11) is 3.12. The zero-order valence-corrected chi connectivity index (χ0v) is 26.6. The van der Waals surface area contributed by atoms with E-state index in [9.17, 15) is 9.59 Å². The molecule has 0 N–H and O–H groups in total. The van der Waals surface area contributed by atoms with Crippen LogP contribution in [0.4, 0.5) is 5.69 Å². The molecule has 1 unspecified atom stereocenters. The number of hydrogen-bond acceptors (Lipinski definition) is 7. The van der Waals surface area contributed by atoms with Gasteiger partial charge in [-0.3, -0.25) is 9.59 Å². The van der Waals surface area contributed by atoms with Gasteiger partial charge in [0.2, 0.25) is 5.92 Å². The number of methoxy groups -OCH3 is 2. The third-order valence-electron chi connectivity index (χ3n) is 7.48. The quantitative estimate of drug-likeness (QED) is 0.0765. The van der Waals surface area contributed by atoms with Gasteiger partial charge in [0, 0.05) is 32.5 Å². The molecule has 8 heteroatoms. The highest BCUT2D eigenvalue weighted by Crippen LogP contribution is 2.35. The third kappa shape index (κ3) is 8.97. The number of aryl methyl sites for hydroxylation is 1. The molecule has 8 nitrogen and oxygen atoms in total. The zero-order chi connectivity index (χ0) is 30.9. The average Bonchev–Trinajstić information content (AvgIpc) is 2.94. The van der Waals surface area contributed by atoms with Crippen LogP contribution in [0.25, 0.3) is 0 Å². The lowest BCUT2D eigenvalue weighted by molar-refractivity contribution is -0.236. The van der Waals surface area contributed by atoms with E-state index in [0.29, 0.717) is 29.6 Å². The number of nitrogens with zero attached hydrogens (tertiary/aromatic N) is 2. The Morgan fingerprint density at radius 3 is 2.14 bits per heavy atom. The molecule has 2 aromatic rings. The summed E-state index contributed by atoms with van der Waals surface area (Å²) in [6.45, 7) is 12.3. The first-order chi connectivity index (χ1) is 20.0. The molecule has 0 radical (unpaired) electrons. The molecule has 2 aromatic carbocycles. The van der Waals surface area contributed by atoms with Crippen molar-refractivity contribution < 1.29 is 28.5 Å². The Morgan fingerprint density at radius 1 is 0.929 bits per heavy atom. The molecule has 0 saturated carbocycles. The van der Waals surface area contributed by atoms with Gasteiger partial charge in [0.15, 0.2) is 0 Å². The largest absolute Gasteiger partial charge is 0.497 e. The topological polar surface area (TPSA) is 86.7 Å². The molecular formula is C34H48N2O6. The maximum atomic E-state index is 13.4. The minimum atomic E-state index is -1.35. The summed E-state index contributed by atoms with van der Waals surface area (Å²) in [5.41, 5.74) is 2.81. The molecule has 230 valence electrons. The van der Waals surface area contributed by atoms with E-state index in [0.717, 1.165) is 44.1 Å². The van der Waals surface area contributed by atoms with Crippen LogP contribution in [0.2, 0.25) is 0 Å². The molecule has 1 heterocycles. The molecule has 1 aliphatic rings. The Balaban J connectivity index is 2.11. The molecular weight excluding hydrogens is 532 g/mol. The first-order valence-corrected chi connectivity index (χ1v) is 15.1. The lowest BCUT2D eigenvalue weighted by atomic mass is 9.99. The molecule has 0 aliphatic carbocycles. The summed E-state index contributed by atoms with van der Waals surface area (Å²) >= 11 is 0. The van der Waals surface area contributed by atoms with Gasteiger partial charge < -0.3 is 23.8 Å². The number of hydrogen-bond donors (Lipinski definition) is 0. The number of cyclic esters (lactones) is 2. The number of amidine groups is 1. The van der Waals surface area contributed by atoms with Crippen molar-refractivity contribution in [3.63, 3.8) is 0 Å². The number of ether oxygens (including phenoxy) is 4. The van der Waals surface area contributed by atoms with Gasteiger partial charge >= 0.3 is 11.9 Å². The minimum Gasteiger partial charge on any atom is -0.497 e. The number of unbranched alkanes of at least 4 members (excludes halogenated alkanes) is 2.